The Morgan fingerprint density at radius 2 is 1.34 bits per heavy atom. The molecule has 0 atom stereocenters. The number of carbonyl (C=O) groups is 2. The lowest BCUT2D eigenvalue weighted by molar-refractivity contribution is -0.131. The summed E-state index contributed by atoms with van der Waals surface area (Å²) in [6, 6.07) is 12.7. The lowest BCUT2D eigenvalue weighted by Gasteiger charge is -2.35. The van der Waals surface area contributed by atoms with Crippen LogP contribution in [0.25, 0.3) is 0 Å². The van der Waals surface area contributed by atoms with Gasteiger partial charge in [0.05, 0.1) is 27.8 Å². The van der Waals surface area contributed by atoms with Crippen LogP contribution in [-0.2, 0) is 11.2 Å². The van der Waals surface area contributed by atoms with E-state index in [9.17, 15) is 9.59 Å². The molecule has 0 aromatic heterocycles. The fraction of sp³-hybridized carbons (Fsp3) is 0.364. The molecule has 2 amide bonds. The van der Waals surface area contributed by atoms with Crippen molar-refractivity contribution < 1.29 is 23.8 Å². The van der Waals surface area contributed by atoms with E-state index in [4.69, 9.17) is 14.2 Å². The maximum Gasteiger partial charge on any atom is 0.261 e. The van der Waals surface area contributed by atoms with Crippen molar-refractivity contribution in [3.05, 3.63) is 53.6 Å². The largest absolute Gasteiger partial charge is 0.497 e. The average Bonchev–Trinajstić information content (AvgIpc) is 2.78. The third kappa shape index (κ3) is 4.62. The molecule has 0 N–H and O–H groups in total. The smallest absolute Gasteiger partial charge is 0.261 e. The van der Waals surface area contributed by atoms with Gasteiger partial charge in [0, 0.05) is 26.2 Å². The van der Waals surface area contributed by atoms with E-state index in [2.05, 4.69) is 0 Å². The minimum absolute atomic E-state index is 0.0529. The Bertz CT molecular complexity index is 836. The summed E-state index contributed by atoms with van der Waals surface area (Å²) in [5, 5.41) is 0. The first kappa shape index (κ1) is 20.5. The molecule has 154 valence electrons. The van der Waals surface area contributed by atoms with E-state index in [0.717, 1.165) is 11.3 Å². The SMILES string of the molecule is COc1ccc(CC(=O)N2CCN(C(=O)c3c(OC)cccc3OC)CC2)cc1. The van der Waals surface area contributed by atoms with E-state index in [1.807, 2.05) is 24.3 Å². The van der Waals surface area contributed by atoms with E-state index < -0.39 is 0 Å². The van der Waals surface area contributed by atoms with E-state index in [1.165, 1.54) is 14.2 Å². The molecule has 1 fully saturated rings. The molecule has 0 unspecified atom stereocenters. The molecule has 0 aliphatic carbocycles. The van der Waals surface area contributed by atoms with Gasteiger partial charge < -0.3 is 24.0 Å². The molecular formula is C22H26N2O5. The van der Waals surface area contributed by atoms with Crippen LogP contribution < -0.4 is 14.2 Å². The molecular weight excluding hydrogens is 372 g/mol. The molecule has 7 nitrogen and oxygen atoms in total. The summed E-state index contributed by atoms with van der Waals surface area (Å²) in [6.45, 7) is 1.93. The summed E-state index contributed by atoms with van der Waals surface area (Å²) < 4.78 is 15.8. The molecule has 7 heteroatoms. The second-order valence-electron chi connectivity index (χ2n) is 6.74. The molecule has 3 rings (SSSR count). The predicted octanol–water partition coefficient (Wildman–Crippen LogP) is 2.24. The highest BCUT2D eigenvalue weighted by Crippen LogP contribution is 2.30. The Balaban J connectivity index is 1.61. The Hall–Kier alpha value is -3.22. The number of hydrogen-bond acceptors (Lipinski definition) is 5. The van der Waals surface area contributed by atoms with Crippen LogP contribution in [0.3, 0.4) is 0 Å². The molecule has 29 heavy (non-hydrogen) atoms. The molecule has 1 heterocycles. The Morgan fingerprint density at radius 1 is 0.793 bits per heavy atom. The summed E-state index contributed by atoms with van der Waals surface area (Å²) in [5.41, 5.74) is 1.35. The molecule has 1 saturated heterocycles. The van der Waals surface area contributed by atoms with Gasteiger partial charge in [-0.25, -0.2) is 0 Å². The quantitative estimate of drug-likeness (QED) is 0.747. The van der Waals surface area contributed by atoms with Crippen LogP contribution in [0.5, 0.6) is 17.2 Å². The van der Waals surface area contributed by atoms with Crippen LogP contribution in [0, 0.1) is 0 Å². The standard InChI is InChI=1S/C22H26N2O5/c1-27-17-9-7-16(8-10-17)15-20(25)23-11-13-24(14-12-23)22(26)21-18(28-2)5-4-6-19(21)29-3/h4-10H,11-15H2,1-3H3. The van der Waals surface area contributed by atoms with Gasteiger partial charge in [-0.3, -0.25) is 9.59 Å². The van der Waals surface area contributed by atoms with Crippen LogP contribution >= 0.6 is 0 Å². The summed E-state index contributed by atoms with van der Waals surface area (Å²) in [6.07, 6.45) is 0.332. The van der Waals surface area contributed by atoms with Crippen LogP contribution in [-0.4, -0.2) is 69.1 Å². The predicted molar refractivity (Wildman–Crippen MR) is 109 cm³/mol. The number of methoxy groups -OCH3 is 3. The fourth-order valence-corrected chi connectivity index (χ4v) is 3.41. The molecule has 1 aliphatic heterocycles. The van der Waals surface area contributed by atoms with E-state index >= 15 is 0 Å². The normalized spacial score (nSPS) is 13.8. The third-order valence-corrected chi connectivity index (χ3v) is 5.08. The average molecular weight is 398 g/mol. The zero-order valence-corrected chi connectivity index (χ0v) is 17.0. The number of piperazine rings is 1. The summed E-state index contributed by atoms with van der Waals surface area (Å²) >= 11 is 0. The van der Waals surface area contributed by atoms with Crippen LogP contribution in [0.2, 0.25) is 0 Å². The van der Waals surface area contributed by atoms with E-state index in [1.54, 1.807) is 35.1 Å². The van der Waals surface area contributed by atoms with Gasteiger partial charge in [0.25, 0.3) is 5.91 Å². The van der Waals surface area contributed by atoms with Gasteiger partial charge in [-0.15, -0.1) is 0 Å². The third-order valence-electron chi connectivity index (χ3n) is 5.08. The van der Waals surface area contributed by atoms with Crippen molar-refractivity contribution in [3.8, 4) is 17.2 Å². The lowest BCUT2D eigenvalue weighted by atomic mass is 10.1. The highest BCUT2D eigenvalue weighted by atomic mass is 16.5. The highest BCUT2D eigenvalue weighted by Gasteiger charge is 2.28. The number of nitrogens with zero attached hydrogens (tertiary/aromatic N) is 2. The number of benzene rings is 2. The Kier molecular flexibility index (Phi) is 6.59. The van der Waals surface area contributed by atoms with Crippen molar-refractivity contribution in [1.29, 1.82) is 0 Å². The van der Waals surface area contributed by atoms with E-state index in [0.29, 0.717) is 49.7 Å². The zero-order valence-electron chi connectivity index (χ0n) is 17.0. The first-order valence-corrected chi connectivity index (χ1v) is 9.48. The Labute approximate surface area is 170 Å². The minimum atomic E-state index is -0.151. The topological polar surface area (TPSA) is 68.3 Å². The minimum Gasteiger partial charge on any atom is -0.497 e. The first-order chi connectivity index (χ1) is 14.1. The molecule has 0 radical (unpaired) electrons. The number of amides is 2. The summed E-state index contributed by atoms with van der Waals surface area (Å²) in [5.74, 6) is 1.62. The van der Waals surface area contributed by atoms with Crippen molar-refractivity contribution in [3.63, 3.8) is 0 Å². The first-order valence-electron chi connectivity index (χ1n) is 9.48. The van der Waals surface area contributed by atoms with Gasteiger partial charge >= 0.3 is 0 Å². The number of carbonyl (C=O) groups excluding carboxylic acids is 2. The van der Waals surface area contributed by atoms with Gasteiger partial charge in [-0.2, -0.15) is 0 Å². The molecule has 0 spiro atoms. The maximum atomic E-state index is 13.0. The number of rotatable bonds is 6. The lowest BCUT2D eigenvalue weighted by Crippen LogP contribution is -2.51. The van der Waals surface area contributed by atoms with Crippen LogP contribution in [0.15, 0.2) is 42.5 Å². The maximum absolute atomic E-state index is 13.0. The van der Waals surface area contributed by atoms with Gasteiger partial charge in [-0.05, 0) is 29.8 Å². The van der Waals surface area contributed by atoms with E-state index in [-0.39, 0.29) is 11.8 Å². The summed E-state index contributed by atoms with van der Waals surface area (Å²) in [7, 11) is 4.67. The second kappa shape index (κ2) is 9.32. The monoisotopic (exact) mass is 398 g/mol. The molecule has 0 saturated carbocycles. The van der Waals surface area contributed by atoms with Crippen molar-refractivity contribution in [1.82, 2.24) is 9.80 Å². The van der Waals surface area contributed by atoms with Crippen LogP contribution in [0.1, 0.15) is 15.9 Å². The molecule has 1 aliphatic rings. The Morgan fingerprint density at radius 3 is 1.86 bits per heavy atom. The fourth-order valence-electron chi connectivity index (χ4n) is 3.41. The number of hydrogen-bond donors (Lipinski definition) is 0. The van der Waals surface area contributed by atoms with Crippen molar-refractivity contribution >= 4 is 11.8 Å². The van der Waals surface area contributed by atoms with Crippen molar-refractivity contribution in [2.24, 2.45) is 0 Å². The van der Waals surface area contributed by atoms with Crippen LogP contribution in [0.4, 0.5) is 0 Å². The molecule has 0 bridgehead atoms. The van der Waals surface area contributed by atoms with Crippen molar-refractivity contribution in [2.45, 2.75) is 6.42 Å². The zero-order chi connectivity index (χ0) is 20.8. The van der Waals surface area contributed by atoms with Crippen molar-refractivity contribution in [2.75, 3.05) is 47.5 Å². The number of ether oxygens (including phenoxy) is 3. The highest BCUT2D eigenvalue weighted by molar-refractivity contribution is 6.00. The van der Waals surface area contributed by atoms with Gasteiger partial charge in [0.2, 0.25) is 5.91 Å². The summed E-state index contributed by atoms with van der Waals surface area (Å²) in [4.78, 5) is 29.2. The molecule has 2 aromatic rings. The molecule has 2 aromatic carbocycles. The van der Waals surface area contributed by atoms with Gasteiger partial charge in [0.1, 0.15) is 22.8 Å². The van der Waals surface area contributed by atoms with Gasteiger partial charge in [-0.1, -0.05) is 18.2 Å². The second-order valence-corrected chi connectivity index (χ2v) is 6.74. The van der Waals surface area contributed by atoms with Gasteiger partial charge in [0.15, 0.2) is 0 Å².